The molecule has 1 N–H and O–H groups in total. The molecular weight excluding hydrogens is 246 g/mol. The number of hydrogen-bond acceptors (Lipinski definition) is 3. The van der Waals surface area contributed by atoms with Crippen molar-refractivity contribution in [1.82, 2.24) is 5.32 Å². The zero-order valence-electron chi connectivity index (χ0n) is 10.8. The summed E-state index contributed by atoms with van der Waals surface area (Å²) in [4.78, 5) is 0. The van der Waals surface area contributed by atoms with Gasteiger partial charge in [-0.3, -0.25) is 0 Å². The first-order valence-corrected chi connectivity index (χ1v) is 8.41. The van der Waals surface area contributed by atoms with Crippen LogP contribution >= 0.6 is 0 Å². The molecule has 0 spiro atoms. The van der Waals surface area contributed by atoms with E-state index < -0.39 is 9.84 Å². The van der Waals surface area contributed by atoms with Crippen molar-refractivity contribution in [2.75, 3.05) is 18.1 Å². The molecule has 0 aliphatic carbocycles. The summed E-state index contributed by atoms with van der Waals surface area (Å²) < 4.78 is 22.8. The summed E-state index contributed by atoms with van der Waals surface area (Å²) >= 11 is 0. The summed E-state index contributed by atoms with van der Waals surface area (Å²) in [5, 5.41) is 3.50. The van der Waals surface area contributed by atoms with Crippen molar-refractivity contribution in [2.45, 2.75) is 25.8 Å². The Morgan fingerprint density at radius 2 is 2.06 bits per heavy atom. The van der Waals surface area contributed by atoms with Gasteiger partial charge in [0.25, 0.3) is 0 Å². The lowest BCUT2D eigenvalue weighted by Gasteiger charge is -2.19. The van der Waals surface area contributed by atoms with Gasteiger partial charge in [0.2, 0.25) is 0 Å². The minimum absolute atomic E-state index is 0.285. The van der Waals surface area contributed by atoms with Gasteiger partial charge in [0.1, 0.15) is 0 Å². The molecule has 1 aliphatic rings. The second kappa shape index (κ2) is 5.85. The van der Waals surface area contributed by atoms with Gasteiger partial charge in [0.05, 0.1) is 11.5 Å². The van der Waals surface area contributed by atoms with Crippen LogP contribution in [0.4, 0.5) is 0 Å². The summed E-state index contributed by atoms with van der Waals surface area (Å²) in [7, 11) is -2.75. The Hall–Kier alpha value is -0.870. The van der Waals surface area contributed by atoms with E-state index >= 15 is 0 Å². The molecular formula is C14H21NO2S. The summed E-state index contributed by atoms with van der Waals surface area (Å²) in [5.41, 5.74) is 1.28. The number of nitrogens with one attached hydrogen (secondary N) is 1. The molecule has 100 valence electrons. The minimum Gasteiger partial charge on any atom is -0.310 e. The van der Waals surface area contributed by atoms with E-state index in [0.29, 0.717) is 17.5 Å². The Kier molecular flexibility index (Phi) is 4.40. The van der Waals surface area contributed by atoms with E-state index in [2.05, 4.69) is 24.4 Å². The fourth-order valence-electron chi connectivity index (χ4n) is 2.53. The van der Waals surface area contributed by atoms with Crippen LogP contribution in [-0.4, -0.2) is 26.5 Å². The van der Waals surface area contributed by atoms with Crippen LogP contribution < -0.4 is 5.32 Å². The Balaban J connectivity index is 1.89. The van der Waals surface area contributed by atoms with Crippen molar-refractivity contribution in [2.24, 2.45) is 5.92 Å². The quantitative estimate of drug-likeness (QED) is 0.889. The van der Waals surface area contributed by atoms with Crippen LogP contribution in [0, 0.1) is 5.92 Å². The maximum absolute atomic E-state index is 11.4. The normalized spacial score (nSPS) is 23.9. The molecule has 1 aliphatic heterocycles. The number of hydrogen-bond donors (Lipinski definition) is 1. The Bertz CT molecular complexity index is 470. The molecule has 18 heavy (non-hydrogen) atoms. The standard InChI is InChI=1S/C14H21NO2S/c1-2-14(13-6-4-3-5-7-13)15-10-12-8-9-18(16,17)11-12/h3-7,12,14-15H,2,8-11H2,1H3. The van der Waals surface area contributed by atoms with E-state index in [1.54, 1.807) is 0 Å². The lowest BCUT2D eigenvalue weighted by molar-refractivity contribution is 0.450. The first kappa shape index (κ1) is 13.6. The van der Waals surface area contributed by atoms with Crippen LogP contribution in [0.25, 0.3) is 0 Å². The third kappa shape index (κ3) is 3.56. The molecule has 2 rings (SSSR count). The molecule has 1 aromatic carbocycles. The fraction of sp³-hybridized carbons (Fsp3) is 0.571. The third-order valence-corrected chi connectivity index (χ3v) is 5.43. The maximum Gasteiger partial charge on any atom is 0.150 e. The van der Waals surface area contributed by atoms with Gasteiger partial charge in [0, 0.05) is 6.04 Å². The van der Waals surface area contributed by atoms with Crippen LogP contribution in [-0.2, 0) is 9.84 Å². The van der Waals surface area contributed by atoms with Crippen molar-refractivity contribution >= 4 is 9.84 Å². The fourth-order valence-corrected chi connectivity index (χ4v) is 4.39. The topological polar surface area (TPSA) is 46.2 Å². The Labute approximate surface area is 110 Å². The van der Waals surface area contributed by atoms with Gasteiger partial charge in [-0.1, -0.05) is 37.3 Å². The highest BCUT2D eigenvalue weighted by atomic mass is 32.2. The molecule has 0 bridgehead atoms. The van der Waals surface area contributed by atoms with Crippen LogP contribution in [0.2, 0.25) is 0 Å². The molecule has 0 amide bonds. The molecule has 1 aromatic rings. The van der Waals surface area contributed by atoms with Crippen molar-refractivity contribution in [3.8, 4) is 0 Å². The van der Waals surface area contributed by atoms with Gasteiger partial charge in [-0.15, -0.1) is 0 Å². The lowest BCUT2D eigenvalue weighted by atomic mass is 10.0. The lowest BCUT2D eigenvalue weighted by Crippen LogP contribution is -2.27. The van der Waals surface area contributed by atoms with Gasteiger partial charge in [0.15, 0.2) is 9.84 Å². The molecule has 0 aromatic heterocycles. The second-order valence-electron chi connectivity index (χ2n) is 5.05. The molecule has 3 nitrogen and oxygen atoms in total. The van der Waals surface area contributed by atoms with E-state index in [4.69, 9.17) is 0 Å². The van der Waals surface area contributed by atoms with E-state index in [-0.39, 0.29) is 5.92 Å². The number of rotatable bonds is 5. The summed E-state index contributed by atoms with van der Waals surface area (Å²) in [6, 6.07) is 10.7. The van der Waals surface area contributed by atoms with Gasteiger partial charge in [-0.25, -0.2) is 8.42 Å². The van der Waals surface area contributed by atoms with Gasteiger partial charge < -0.3 is 5.32 Å². The Morgan fingerprint density at radius 3 is 2.61 bits per heavy atom. The zero-order chi connectivity index (χ0) is 13.0. The first-order chi connectivity index (χ1) is 8.61. The smallest absolute Gasteiger partial charge is 0.150 e. The van der Waals surface area contributed by atoms with Crippen molar-refractivity contribution in [3.05, 3.63) is 35.9 Å². The zero-order valence-corrected chi connectivity index (χ0v) is 11.6. The van der Waals surface area contributed by atoms with E-state index in [0.717, 1.165) is 19.4 Å². The van der Waals surface area contributed by atoms with Crippen LogP contribution in [0.15, 0.2) is 30.3 Å². The monoisotopic (exact) mass is 267 g/mol. The Morgan fingerprint density at radius 1 is 1.33 bits per heavy atom. The van der Waals surface area contributed by atoms with E-state index in [1.165, 1.54) is 5.56 Å². The SMILES string of the molecule is CCC(NCC1CCS(=O)(=O)C1)c1ccccc1. The number of sulfone groups is 1. The predicted octanol–water partition coefficient (Wildman–Crippen LogP) is 2.16. The molecule has 0 radical (unpaired) electrons. The summed E-state index contributed by atoms with van der Waals surface area (Å²) in [6.07, 6.45) is 1.82. The molecule has 1 saturated heterocycles. The van der Waals surface area contributed by atoms with Crippen molar-refractivity contribution in [3.63, 3.8) is 0 Å². The second-order valence-corrected chi connectivity index (χ2v) is 7.28. The third-order valence-electron chi connectivity index (χ3n) is 3.59. The molecule has 1 heterocycles. The van der Waals surface area contributed by atoms with Crippen LogP contribution in [0.5, 0.6) is 0 Å². The number of benzene rings is 1. The van der Waals surface area contributed by atoms with Gasteiger partial charge >= 0.3 is 0 Å². The molecule has 2 unspecified atom stereocenters. The highest BCUT2D eigenvalue weighted by molar-refractivity contribution is 7.91. The van der Waals surface area contributed by atoms with Crippen LogP contribution in [0.3, 0.4) is 0 Å². The molecule has 4 heteroatoms. The van der Waals surface area contributed by atoms with E-state index in [1.807, 2.05) is 18.2 Å². The molecule has 2 atom stereocenters. The average Bonchev–Trinajstić information content (AvgIpc) is 2.71. The van der Waals surface area contributed by atoms with Gasteiger partial charge in [-0.2, -0.15) is 0 Å². The van der Waals surface area contributed by atoms with Gasteiger partial charge in [-0.05, 0) is 30.9 Å². The van der Waals surface area contributed by atoms with Crippen LogP contribution in [0.1, 0.15) is 31.4 Å². The average molecular weight is 267 g/mol. The molecule has 1 fully saturated rings. The highest BCUT2D eigenvalue weighted by Gasteiger charge is 2.27. The van der Waals surface area contributed by atoms with Crippen molar-refractivity contribution < 1.29 is 8.42 Å². The largest absolute Gasteiger partial charge is 0.310 e. The first-order valence-electron chi connectivity index (χ1n) is 6.59. The summed E-state index contributed by atoms with van der Waals surface area (Å²) in [5.74, 6) is 1.000. The minimum atomic E-state index is -2.75. The molecule has 0 saturated carbocycles. The summed E-state index contributed by atoms with van der Waals surface area (Å²) in [6.45, 7) is 2.95. The maximum atomic E-state index is 11.4. The highest BCUT2D eigenvalue weighted by Crippen LogP contribution is 2.20. The van der Waals surface area contributed by atoms with E-state index in [9.17, 15) is 8.42 Å². The van der Waals surface area contributed by atoms with Crippen molar-refractivity contribution in [1.29, 1.82) is 0 Å². The predicted molar refractivity (Wildman–Crippen MR) is 74.2 cm³/mol.